The zero-order valence-corrected chi connectivity index (χ0v) is 27.1. The minimum atomic E-state index is -1.75. The second-order valence-electron chi connectivity index (χ2n) is 12.9. The van der Waals surface area contributed by atoms with Crippen LogP contribution in [0.1, 0.15) is 83.1 Å². The highest BCUT2D eigenvalue weighted by molar-refractivity contribution is 6.82. The lowest BCUT2D eigenvalue weighted by molar-refractivity contribution is 0.765. The highest BCUT2D eigenvalue weighted by atomic mass is 28.3. The van der Waals surface area contributed by atoms with E-state index in [0.29, 0.717) is 33.2 Å². The van der Waals surface area contributed by atoms with Gasteiger partial charge in [-0.3, -0.25) is 0 Å². The molecule has 0 N–H and O–H groups in total. The summed E-state index contributed by atoms with van der Waals surface area (Å²) in [6, 6.07) is 13.7. The molecule has 0 saturated carbocycles. The van der Waals surface area contributed by atoms with Crippen LogP contribution in [-0.4, -0.2) is 24.9 Å². The Bertz CT molecular complexity index is 998. The van der Waals surface area contributed by atoms with Gasteiger partial charge in [-0.15, -0.1) is 0 Å². The van der Waals surface area contributed by atoms with Crippen molar-refractivity contribution in [2.24, 2.45) is 0 Å². The van der Waals surface area contributed by atoms with Crippen molar-refractivity contribution in [3.8, 4) is 22.3 Å². The summed E-state index contributed by atoms with van der Waals surface area (Å²) >= 11 is 0. The van der Waals surface area contributed by atoms with E-state index in [0.717, 1.165) is 0 Å². The van der Waals surface area contributed by atoms with Crippen molar-refractivity contribution in [2.45, 2.75) is 116 Å². The molecule has 0 unspecified atom stereocenters. The van der Waals surface area contributed by atoms with Gasteiger partial charge in [0.15, 0.2) is 16.5 Å². The molecule has 3 rings (SSSR count). The summed E-state index contributed by atoms with van der Waals surface area (Å²) in [7, 11) is -3.51. The van der Waals surface area contributed by atoms with Gasteiger partial charge in [-0.05, 0) is 80.0 Å². The molecule has 3 aromatic rings. The fourth-order valence-electron chi connectivity index (χ4n) is 8.37. The zero-order valence-electron chi connectivity index (χ0n) is 25.1. The van der Waals surface area contributed by atoms with Crippen LogP contribution in [-0.2, 0) is 0 Å². The zero-order chi connectivity index (χ0) is 27.0. The van der Waals surface area contributed by atoms with Gasteiger partial charge in [-0.1, -0.05) is 107 Å². The van der Waals surface area contributed by atoms with Crippen LogP contribution in [0.15, 0.2) is 61.2 Å². The smallest absolute Gasteiger partial charge is 0.168 e. The Balaban J connectivity index is 2.13. The van der Waals surface area contributed by atoms with E-state index in [2.05, 4.69) is 153 Å². The summed E-state index contributed by atoms with van der Waals surface area (Å²) in [4.78, 5) is 0. The molecule has 1 aromatic carbocycles. The second-order valence-corrected chi connectivity index (χ2v) is 24.4. The maximum absolute atomic E-state index is 2.67. The molecule has 2 heterocycles. The highest BCUT2D eigenvalue weighted by Gasteiger charge is 2.46. The van der Waals surface area contributed by atoms with Crippen LogP contribution < -0.4 is 0 Å². The van der Waals surface area contributed by atoms with Gasteiger partial charge in [-0.25, -0.2) is 0 Å². The third-order valence-corrected chi connectivity index (χ3v) is 22.8. The summed E-state index contributed by atoms with van der Waals surface area (Å²) in [5.41, 5.74) is 9.48. The molecular formula is C32H52N2Si2. The molecule has 4 heteroatoms. The van der Waals surface area contributed by atoms with E-state index in [-0.39, 0.29) is 0 Å². The standard InChI is InChI=1S/C32H52N2Si2/c1-23(2)35(24(3)4,25(5)6)33-19-17-29(21-33)31-15-13-14-16-32(31)30-18-20-34(22-30)36(26(7)8,27(9)10)28(11)12/h13-28H,1-12H3. The average Bonchev–Trinajstić information content (AvgIpc) is 3.44. The number of hydrogen-bond acceptors (Lipinski definition) is 0. The molecule has 0 fully saturated rings. The number of benzene rings is 1. The van der Waals surface area contributed by atoms with E-state index in [9.17, 15) is 0 Å². The summed E-state index contributed by atoms with van der Waals surface area (Å²) in [5.74, 6) is 0. The first-order chi connectivity index (χ1) is 16.8. The largest absolute Gasteiger partial charge is 0.379 e. The molecule has 36 heavy (non-hydrogen) atoms. The first-order valence-corrected chi connectivity index (χ1v) is 18.6. The third kappa shape index (κ3) is 4.53. The average molecular weight is 521 g/mol. The molecule has 2 nitrogen and oxygen atoms in total. The van der Waals surface area contributed by atoms with Crippen LogP contribution in [0.4, 0.5) is 0 Å². The molecule has 0 saturated heterocycles. The van der Waals surface area contributed by atoms with Crippen molar-refractivity contribution < 1.29 is 0 Å². The first kappa shape index (κ1) is 28.8. The van der Waals surface area contributed by atoms with Gasteiger partial charge >= 0.3 is 0 Å². The highest BCUT2D eigenvalue weighted by Crippen LogP contribution is 2.45. The maximum Gasteiger partial charge on any atom is 0.168 e. The van der Waals surface area contributed by atoms with E-state index in [4.69, 9.17) is 0 Å². The lowest BCUT2D eigenvalue weighted by atomic mass is 9.98. The van der Waals surface area contributed by atoms with Crippen molar-refractivity contribution in [1.29, 1.82) is 0 Å². The van der Waals surface area contributed by atoms with Gasteiger partial charge in [0, 0.05) is 12.4 Å². The fraction of sp³-hybridized carbons (Fsp3) is 0.562. The van der Waals surface area contributed by atoms with Gasteiger partial charge < -0.3 is 8.47 Å². The topological polar surface area (TPSA) is 9.86 Å². The molecule has 0 amide bonds. The molecule has 2 aromatic heterocycles. The number of aromatic nitrogens is 2. The lowest BCUT2D eigenvalue weighted by Gasteiger charge is -2.44. The van der Waals surface area contributed by atoms with E-state index >= 15 is 0 Å². The van der Waals surface area contributed by atoms with Crippen LogP contribution >= 0.6 is 0 Å². The molecule has 0 atom stereocenters. The third-order valence-electron chi connectivity index (χ3n) is 9.38. The van der Waals surface area contributed by atoms with Gasteiger partial charge in [-0.2, -0.15) is 0 Å². The van der Waals surface area contributed by atoms with Crippen molar-refractivity contribution in [1.82, 2.24) is 8.47 Å². The monoisotopic (exact) mass is 520 g/mol. The fourth-order valence-corrected chi connectivity index (χ4v) is 21.3. The van der Waals surface area contributed by atoms with E-state index in [1.165, 1.54) is 22.3 Å². The van der Waals surface area contributed by atoms with E-state index < -0.39 is 16.5 Å². The van der Waals surface area contributed by atoms with Crippen LogP contribution in [0.5, 0.6) is 0 Å². The Morgan fingerprint density at radius 3 is 0.972 bits per heavy atom. The van der Waals surface area contributed by atoms with Crippen molar-refractivity contribution in [2.75, 3.05) is 0 Å². The van der Waals surface area contributed by atoms with Gasteiger partial charge in [0.2, 0.25) is 0 Å². The number of hydrogen-bond donors (Lipinski definition) is 0. The van der Waals surface area contributed by atoms with E-state index in [1.54, 1.807) is 0 Å². The number of rotatable bonds is 10. The Morgan fingerprint density at radius 2 is 0.722 bits per heavy atom. The van der Waals surface area contributed by atoms with E-state index in [1.807, 2.05) is 0 Å². The van der Waals surface area contributed by atoms with Crippen molar-refractivity contribution in [3.05, 3.63) is 61.2 Å². The molecule has 0 radical (unpaired) electrons. The Kier molecular flexibility index (Phi) is 8.72. The van der Waals surface area contributed by atoms with Crippen LogP contribution in [0, 0.1) is 0 Å². The Labute approximate surface area is 224 Å². The van der Waals surface area contributed by atoms with Gasteiger partial charge in [0.25, 0.3) is 0 Å². The summed E-state index contributed by atoms with van der Waals surface area (Å²) < 4.78 is 5.33. The minimum absolute atomic E-state index is 0.684. The second kappa shape index (κ2) is 10.9. The van der Waals surface area contributed by atoms with Crippen LogP contribution in [0.2, 0.25) is 33.2 Å². The Morgan fingerprint density at radius 1 is 0.444 bits per heavy atom. The molecule has 0 aliphatic heterocycles. The number of nitrogens with zero attached hydrogens (tertiary/aromatic N) is 2. The predicted octanol–water partition coefficient (Wildman–Crippen LogP) is 10.7. The summed E-state index contributed by atoms with van der Waals surface area (Å²) in [6.07, 6.45) is 9.71. The Hall–Kier alpha value is -1.79. The van der Waals surface area contributed by atoms with Gasteiger partial charge in [0.05, 0.1) is 0 Å². The minimum Gasteiger partial charge on any atom is -0.379 e. The van der Waals surface area contributed by atoms with Crippen molar-refractivity contribution in [3.63, 3.8) is 0 Å². The summed E-state index contributed by atoms with van der Waals surface area (Å²) in [6.45, 7) is 29.3. The molecular weight excluding hydrogens is 469 g/mol. The van der Waals surface area contributed by atoms with Crippen LogP contribution in [0.3, 0.4) is 0 Å². The maximum atomic E-state index is 2.67. The molecule has 0 aliphatic carbocycles. The lowest BCUT2D eigenvalue weighted by Crippen LogP contribution is -2.51. The quantitative estimate of drug-likeness (QED) is 0.235. The first-order valence-electron chi connectivity index (χ1n) is 14.3. The van der Waals surface area contributed by atoms with Gasteiger partial charge in [0.1, 0.15) is 0 Å². The summed E-state index contributed by atoms with van der Waals surface area (Å²) in [5, 5.41) is 0. The molecule has 0 spiro atoms. The van der Waals surface area contributed by atoms with Crippen molar-refractivity contribution >= 4 is 16.5 Å². The molecule has 198 valence electrons. The normalized spacial score (nSPS) is 13.4. The SMILES string of the molecule is CC(C)[Si](C(C)C)(C(C)C)n1ccc(-c2ccccc2-c2ccn([Si](C(C)C)(C(C)C)C(C)C)c2)c1. The molecule has 0 aliphatic rings. The van der Waals surface area contributed by atoms with Crippen LogP contribution in [0.25, 0.3) is 22.3 Å². The predicted molar refractivity (Wildman–Crippen MR) is 166 cm³/mol. The molecule has 0 bridgehead atoms.